The van der Waals surface area contributed by atoms with Gasteiger partial charge in [0.1, 0.15) is 11.9 Å². The van der Waals surface area contributed by atoms with Gasteiger partial charge in [0.15, 0.2) is 0 Å². The Morgan fingerprint density at radius 3 is 2.71 bits per heavy atom. The minimum atomic E-state index is -0.396. The maximum absolute atomic E-state index is 12.4. The number of nitrogens with zero attached hydrogens (tertiary/aromatic N) is 3. The highest BCUT2D eigenvalue weighted by atomic mass is 35.5. The molecule has 0 bridgehead atoms. The first-order valence-corrected chi connectivity index (χ1v) is 8.22. The molecule has 6 nitrogen and oxygen atoms in total. The molecule has 24 heavy (non-hydrogen) atoms. The van der Waals surface area contributed by atoms with Gasteiger partial charge in [0.2, 0.25) is 11.8 Å². The number of hydrogen-bond acceptors (Lipinski definition) is 3. The van der Waals surface area contributed by atoms with Gasteiger partial charge in [-0.1, -0.05) is 23.7 Å². The molecule has 2 aromatic rings. The van der Waals surface area contributed by atoms with Crippen LogP contribution in [0.15, 0.2) is 36.7 Å². The van der Waals surface area contributed by atoms with Crippen LogP contribution in [0, 0.1) is 0 Å². The van der Waals surface area contributed by atoms with Gasteiger partial charge in [-0.25, -0.2) is 4.98 Å². The van der Waals surface area contributed by atoms with Gasteiger partial charge in [0.05, 0.1) is 6.54 Å². The summed E-state index contributed by atoms with van der Waals surface area (Å²) in [6, 6.07) is 6.89. The SMILES string of the molecule is Cn1ccnc1C(NC(=O)CN1CCCC1=O)c1ccc(Cl)cc1. The Bertz CT molecular complexity index is 741. The first-order chi connectivity index (χ1) is 11.5. The van der Waals surface area contributed by atoms with Crippen LogP contribution in [-0.4, -0.2) is 39.4 Å². The van der Waals surface area contributed by atoms with Gasteiger partial charge < -0.3 is 14.8 Å². The fourth-order valence-electron chi connectivity index (χ4n) is 2.86. The highest BCUT2D eigenvalue weighted by Crippen LogP contribution is 2.22. The summed E-state index contributed by atoms with van der Waals surface area (Å²) in [5, 5.41) is 3.62. The van der Waals surface area contributed by atoms with Crippen LogP contribution in [0.5, 0.6) is 0 Å². The van der Waals surface area contributed by atoms with Gasteiger partial charge in [0.25, 0.3) is 0 Å². The van der Waals surface area contributed by atoms with Crippen LogP contribution < -0.4 is 5.32 Å². The molecule has 126 valence electrons. The van der Waals surface area contributed by atoms with Crippen LogP contribution in [0.1, 0.15) is 30.3 Å². The summed E-state index contributed by atoms with van der Waals surface area (Å²) < 4.78 is 1.86. The molecular weight excluding hydrogens is 328 g/mol. The van der Waals surface area contributed by atoms with Crippen molar-refractivity contribution in [3.63, 3.8) is 0 Å². The molecule has 1 aliphatic rings. The maximum atomic E-state index is 12.4. The topological polar surface area (TPSA) is 67.2 Å². The summed E-state index contributed by atoms with van der Waals surface area (Å²) in [5.74, 6) is 0.553. The number of imidazole rings is 1. The predicted molar refractivity (Wildman–Crippen MR) is 90.5 cm³/mol. The molecule has 0 spiro atoms. The van der Waals surface area contributed by atoms with E-state index >= 15 is 0 Å². The van der Waals surface area contributed by atoms with Crippen molar-refractivity contribution >= 4 is 23.4 Å². The fourth-order valence-corrected chi connectivity index (χ4v) is 2.98. The summed E-state index contributed by atoms with van der Waals surface area (Å²) in [4.78, 5) is 30.1. The summed E-state index contributed by atoms with van der Waals surface area (Å²) in [5.41, 5.74) is 0.884. The number of likely N-dealkylation sites (tertiary alicyclic amines) is 1. The molecule has 1 aliphatic heterocycles. The Kier molecular flexibility index (Phi) is 4.85. The monoisotopic (exact) mass is 346 g/mol. The van der Waals surface area contributed by atoms with Gasteiger partial charge in [-0.3, -0.25) is 9.59 Å². The normalized spacial score (nSPS) is 15.6. The number of carbonyl (C=O) groups excluding carboxylic acids is 2. The Morgan fingerprint density at radius 1 is 1.38 bits per heavy atom. The molecule has 1 fully saturated rings. The van der Waals surface area contributed by atoms with Crippen LogP contribution in [0.25, 0.3) is 0 Å². The lowest BCUT2D eigenvalue weighted by Crippen LogP contribution is -2.40. The summed E-state index contributed by atoms with van der Waals surface area (Å²) >= 11 is 5.96. The predicted octanol–water partition coefficient (Wildman–Crippen LogP) is 1.90. The largest absolute Gasteiger partial charge is 0.341 e. The Labute approximate surface area is 145 Å². The van der Waals surface area contributed by atoms with Crippen molar-refractivity contribution in [2.45, 2.75) is 18.9 Å². The third kappa shape index (κ3) is 3.59. The molecular formula is C17H19ClN4O2. The zero-order valence-electron chi connectivity index (χ0n) is 13.4. The van der Waals surface area contributed by atoms with Crippen molar-refractivity contribution in [1.82, 2.24) is 19.8 Å². The van der Waals surface area contributed by atoms with Crippen molar-refractivity contribution < 1.29 is 9.59 Å². The molecule has 1 aromatic carbocycles. The Morgan fingerprint density at radius 2 is 2.12 bits per heavy atom. The average Bonchev–Trinajstić information content (AvgIpc) is 3.15. The van der Waals surface area contributed by atoms with E-state index in [2.05, 4.69) is 10.3 Å². The van der Waals surface area contributed by atoms with Gasteiger partial charge in [0, 0.05) is 37.4 Å². The van der Waals surface area contributed by atoms with Crippen LogP contribution >= 0.6 is 11.6 Å². The molecule has 1 saturated heterocycles. The highest BCUT2D eigenvalue weighted by Gasteiger charge is 2.25. The van der Waals surface area contributed by atoms with Crippen LogP contribution in [0.3, 0.4) is 0 Å². The second-order valence-corrected chi connectivity index (χ2v) is 6.30. The minimum Gasteiger partial charge on any atom is -0.341 e. The number of halogens is 1. The van der Waals surface area contributed by atoms with E-state index in [0.717, 1.165) is 17.8 Å². The van der Waals surface area contributed by atoms with Crippen molar-refractivity contribution in [3.05, 3.63) is 53.1 Å². The molecule has 0 aliphatic carbocycles. The third-order valence-corrected chi connectivity index (χ3v) is 4.38. The van der Waals surface area contributed by atoms with E-state index in [1.165, 1.54) is 0 Å². The standard InChI is InChI=1S/C17H19ClN4O2/c1-21-10-8-19-17(21)16(12-4-6-13(18)7-5-12)20-14(23)11-22-9-2-3-15(22)24/h4-8,10,16H,2-3,9,11H2,1H3,(H,20,23). The third-order valence-electron chi connectivity index (χ3n) is 4.13. The van der Waals surface area contributed by atoms with E-state index in [4.69, 9.17) is 11.6 Å². The molecule has 3 rings (SSSR count). The van der Waals surface area contributed by atoms with Gasteiger partial charge in [-0.15, -0.1) is 0 Å². The van der Waals surface area contributed by atoms with Crippen molar-refractivity contribution in [2.24, 2.45) is 7.05 Å². The highest BCUT2D eigenvalue weighted by molar-refractivity contribution is 6.30. The molecule has 1 aromatic heterocycles. The maximum Gasteiger partial charge on any atom is 0.240 e. The number of rotatable bonds is 5. The number of benzene rings is 1. The number of carbonyl (C=O) groups is 2. The lowest BCUT2D eigenvalue weighted by molar-refractivity contribution is -0.133. The molecule has 2 heterocycles. The van der Waals surface area contributed by atoms with Gasteiger partial charge in [-0.05, 0) is 24.1 Å². The molecule has 0 radical (unpaired) electrons. The second kappa shape index (κ2) is 7.05. The van der Waals surface area contributed by atoms with Gasteiger partial charge >= 0.3 is 0 Å². The van der Waals surface area contributed by atoms with E-state index in [1.807, 2.05) is 29.9 Å². The molecule has 1 atom stereocenters. The van der Waals surface area contributed by atoms with Crippen LogP contribution in [-0.2, 0) is 16.6 Å². The first kappa shape index (κ1) is 16.5. The average molecular weight is 347 g/mol. The number of nitrogens with one attached hydrogen (secondary N) is 1. The van der Waals surface area contributed by atoms with Crippen LogP contribution in [0.2, 0.25) is 5.02 Å². The van der Waals surface area contributed by atoms with E-state index < -0.39 is 6.04 Å². The molecule has 7 heteroatoms. The van der Waals surface area contributed by atoms with E-state index in [-0.39, 0.29) is 18.4 Å². The zero-order valence-corrected chi connectivity index (χ0v) is 14.2. The molecule has 1 unspecified atom stereocenters. The molecule has 0 saturated carbocycles. The van der Waals surface area contributed by atoms with E-state index in [0.29, 0.717) is 18.0 Å². The van der Waals surface area contributed by atoms with E-state index in [1.54, 1.807) is 23.2 Å². The minimum absolute atomic E-state index is 0.0326. The number of aryl methyl sites for hydroxylation is 1. The summed E-state index contributed by atoms with van der Waals surface area (Å²) in [6.45, 7) is 0.716. The lowest BCUT2D eigenvalue weighted by Gasteiger charge is -2.21. The van der Waals surface area contributed by atoms with Gasteiger partial charge in [-0.2, -0.15) is 0 Å². The van der Waals surface area contributed by atoms with E-state index in [9.17, 15) is 9.59 Å². The number of hydrogen-bond donors (Lipinski definition) is 1. The number of aromatic nitrogens is 2. The van der Waals surface area contributed by atoms with Crippen molar-refractivity contribution in [3.8, 4) is 0 Å². The van der Waals surface area contributed by atoms with Crippen LogP contribution in [0.4, 0.5) is 0 Å². The lowest BCUT2D eigenvalue weighted by atomic mass is 10.1. The first-order valence-electron chi connectivity index (χ1n) is 7.84. The smallest absolute Gasteiger partial charge is 0.240 e. The van der Waals surface area contributed by atoms with Crippen molar-refractivity contribution in [1.29, 1.82) is 0 Å². The Balaban J connectivity index is 1.80. The fraction of sp³-hybridized carbons (Fsp3) is 0.353. The second-order valence-electron chi connectivity index (χ2n) is 5.87. The Hall–Kier alpha value is -2.34. The number of amides is 2. The summed E-state index contributed by atoms with van der Waals surface area (Å²) in [6.07, 6.45) is 4.85. The zero-order chi connectivity index (χ0) is 17.1. The molecule has 1 N–H and O–H groups in total. The quantitative estimate of drug-likeness (QED) is 0.899. The van der Waals surface area contributed by atoms with Crippen molar-refractivity contribution in [2.75, 3.05) is 13.1 Å². The molecule has 2 amide bonds. The summed E-state index contributed by atoms with van der Waals surface area (Å²) in [7, 11) is 1.88.